The van der Waals surface area contributed by atoms with Crippen molar-refractivity contribution >= 4 is 28.6 Å². The molecule has 8 heteroatoms. The maximum atomic E-state index is 13.9. The number of aliphatic hydroxyl groups is 1. The molecule has 2 amide bonds. The number of β-amino-alcohol motifs (C(OH)–C–C–N with tert-alkyl or cyclic N) is 1. The zero-order valence-corrected chi connectivity index (χ0v) is 19.8. The molecule has 2 aromatic rings. The molecule has 0 saturated carbocycles. The van der Waals surface area contributed by atoms with Crippen LogP contribution in [-0.2, 0) is 9.53 Å². The molecule has 0 atom stereocenters. The summed E-state index contributed by atoms with van der Waals surface area (Å²) in [7, 11) is 0. The third-order valence-corrected chi connectivity index (χ3v) is 6.78. The van der Waals surface area contributed by atoms with E-state index in [-0.39, 0.29) is 18.4 Å². The van der Waals surface area contributed by atoms with Gasteiger partial charge in [0.15, 0.2) is 0 Å². The predicted molar refractivity (Wildman–Crippen MR) is 131 cm³/mol. The fraction of sp³-hybridized carbons (Fsp3) is 0.333. The van der Waals surface area contributed by atoms with Gasteiger partial charge in [-0.3, -0.25) is 14.5 Å². The lowest BCUT2D eigenvalue weighted by Crippen LogP contribution is -2.49. The number of halogens is 1. The number of carbonyl (C=O) groups is 2. The van der Waals surface area contributed by atoms with Crippen molar-refractivity contribution < 1.29 is 23.8 Å². The molecule has 1 fully saturated rings. The van der Waals surface area contributed by atoms with Gasteiger partial charge in [-0.15, -0.1) is 0 Å². The molecular weight excluding hydrogens is 449 g/mol. The van der Waals surface area contributed by atoms with Crippen molar-refractivity contribution in [3.05, 3.63) is 76.8 Å². The van der Waals surface area contributed by atoms with Gasteiger partial charge in [-0.25, -0.2) is 4.39 Å². The highest BCUT2D eigenvalue weighted by atomic mass is 19.1. The Morgan fingerprint density at radius 1 is 1.11 bits per heavy atom. The lowest BCUT2D eigenvalue weighted by molar-refractivity contribution is -0.111. The second-order valence-electron chi connectivity index (χ2n) is 9.49. The molecule has 2 N–H and O–H groups in total. The van der Waals surface area contributed by atoms with Crippen LogP contribution in [0.2, 0.25) is 0 Å². The zero-order valence-electron chi connectivity index (χ0n) is 19.8. The quantitative estimate of drug-likeness (QED) is 0.662. The number of allylic oxidation sites excluding steroid dienone is 1. The molecule has 35 heavy (non-hydrogen) atoms. The standard InChI is InChI=1S/C27H28FN3O4/c1-27(2)21(16-23(35-27)24-20-15-19(28)7-8-22(20)29-25(24)33)17-3-5-18(6-4-17)26(34)31-11-9-30(10-12-31)13-14-32/h3-8,15-16,32H,9-14H2,1-2H3,(H,29,33). The monoisotopic (exact) mass is 477 g/mol. The molecular formula is C27H28FN3O4. The highest BCUT2D eigenvalue weighted by Gasteiger charge is 2.38. The van der Waals surface area contributed by atoms with Gasteiger partial charge in [0.05, 0.1) is 12.2 Å². The second kappa shape index (κ2) is 8.94. The zero-order chi connectivity index (χ0) is 24.7. The van der Waals surface area contributed by atoms with Gasteiger partial charge in [0, 0.05) is 55.1 Å². The molecule has 182 valence electrons. The summed E-state index contributed by atoms with van der Waals surface area (Å²) in [4.78, 5) is 29.6. The number of carbonyl (C=O) groups excluding carboxylic acids is 2. The number of anilines is 1. The van der Waals surface area contributed by atoms with Crippen LogP contribution in [0.15, 0.2) is 54.3 Å². The van der Waals surface area contributed by atoms with Crippen molar-refractivity contribution in [2.75, 3.05) is 44.6 Å². The maximum absolute atomic E-state index is 13.9. The minimum Gasteiger partial charge on any atom is -0.482 e. The Morgan fingerprint density at radius 2 is 1.83 bits per heavy atom. The lowest BCUT2D eigenvalue weighted by atomic mass is 9.91. The fourth-order valence-electron chi connectivity index (χ4n) is 4.89. The summed E-state index contributed by atoms with van der Waals surface area (Å²) in [6.07, 6.45) is 1.83. The summed E-state index contributed by atoms with van der Waals surface area (Å²) >= 11 is 0. The van der Waals surface area contributed by atoms with E-state index in [9.17, 15) is 14.0 Å². The van der Waals surface area contributed by atoms with Crippen LogP contribution in [0.1, 0.15) is 35.3 Å². The van der Waals surface area contributed by atoms with E-state index in [1.807, 2.05) is 49.1 Å². The molecule has 0 bridgehead atoms. The van der Waals surface area contributed by atoms with Crippen LogP contribution in [-0.4, -0.2) is 71.7 Å². The molecule has 3 heterocycles. The summed E-state index contributed by atoms with van der Waals surface area (Å²) in [6.45, 7) is 7.35. The number of hydrogen-bond donors (Lipinski definition) is 2. The highest BCUT2D eigenvalue weighted by molar-refractivity contribution is 6.32. The number of fused-ring (bicyclic) bond motifs is 1. The first-order valence-corrected chi connectivity index (χ1v) is 11.8. The van der Waals surface area contributed by atoms with E-state index in [0.29, 0.717) is 47.8 Å². The summed E-state index contributed by atoms with van der Waals surface area (Å²) in [5.74, 6) is -0.364. The average Bonchev–Trinajstić information content (AvgIpc) is 3.33. The number of amides is 2. The molecule has 0 spiro atoms. The Morgan fingerprint density at radius 3 is 2.51 bits per heavy atom. The number of nitrogens with zero attached hydrogens (tertiary/aromatic N) is 2. The Hall–Kier alpha value is -3.49. The topological polar surface area (TPSA) is 82.1 Å². The van der Waals surface area contributed by atoms with E-state index in [4.69, 9.17) is 9.84 Å². The van der Waals surface area contributed by atoms with E-state index in [1.165, 1.54) is 12.1 Å². The van der Waals surface area contributed by atoms with Gasteiger partial charge in [-0.2, -0.15) is 0 Å². The molecule has 3 aliphatic rings. The largest absolute Gasteiger partial charge is 0.482 e. The third-order valence-electron chi connectivity index (χ3n) is 6.78. The van der Waals surface area contributed by atoms with Crippen molar-refractivity contribution in [3.63, 3.8) is 0 Å². The van der Waals surface area contributed by atoms with Gasteiger partial charge in [-0.1, -0.05) is 12.1 Å². The van der Waals surface area contributed by atoms with Crippen LogP contribution in [0.5, 0.6) is 0 Å². The van der Waals surface area contributed by atoms with E-state index in [1.54, 1.807) is 6.07 Å². The van der Waals surface area contributed by atoms with Crippen LogP contribution >= 0.6 is 0 Å². The van der Waals surface area contributed by atoms with Crippen molar-refractivity contribution in [2.24, 2.45) is 0 Å². The Bertz CT molecular complexity index is 1240. The minimum absolute atomic E-state index is 0.0137. The third kappa shape index (κ3) is 4.35. The van der Waals surface area contributed by atoms with Crippen LogP contribution in [0.25, 0.3) is 11.1 Å². The molecule has 0 aromatic heterocycles. The lowest BCUT2D eigenvalue weighted by Gasteiger charge is -2.34. The smallest absolute Gasteiger partial charge is 0.260 e. The Balaban J connectivity index is 1.39. The first-order chi connectivity index (χ1) is 16.8. The Kier molecular flexibility index (Phi) is 5.94. The molecule has 3 aliphatic heterocycles. The summed E-state index contributed by atoms with van der Waals surface area (Å²) in [5, 5.41) is 11.9. The number of rotatable bonds is 4. The Labute approximate surface area is 203 Å². The van der Waals surface area contributed by atoms with Crippen LogP contribution in [0.4, 0.5) is 10.1 Å². The predicted octanol–water partition coefficient (Wildman–Crippen LogP) is 3.13. The molecule has 0 aliphatic carbocycles. The van der Waals surface area contributed by atoms with E-state index >= 15 is 0 Å². The maximum Gasteiger partial charge on any atom is 0.260 e. The molecule has 2 aromatic carbocycles. The molecule has 0 radical (unpaired) electrons. The van der Waals surface area contributed by atoms with Crippen LogP contribution < -0.4 is 5.32 Å². The number of nitrogens with one attached hydrogen (secondary N) is 1. The molecule has 0 unspecified atom stereocenters. The van der Waals surface area contributed by atoms with Crippen molar-refractivity contribution in [3.8, 4) is 0 Å². The first-order valence-electron chi connectivity index (χ1n) is 11.8. The van der Waals surface area contributed by atoms with Crippen molar-refractivity contribution in [1.29, 1.82) is 0 Å². The number of hydrogen-bond acceptors (Lipinski definition) is 5. The SMILES string of the molecule is CC1(C)OC(=C2C(=O)Nc3ccc(F)cc32)C=C1c1ccc(C(=O)N2CCN(CCO)CC2)cc1. The van der Waals surface area contributed by atoms with Gasteiger partial charge < -0.3 is 20.1 Å². The van der Waals surface area contributed by atoms with Gasteiger partial charge in [0.25, 0.3) is 11.8 Å². The van der Waals surface area contributed by atoms with E-state index in [2.05, 4.69) is 10.2 Å². The van der Waals surface area contributed by atoms with Crippen molar-refractivity contribution in [2.45, 2.75) is 19.4 Å². The number of piperazine rings is 1. The normalized spacial score (nSPS) is 21.4. The summed E-state index contributed by atoms with van der Waals surface area (Å²) in [5.41, 5.74) is 3.00. The van der Waals surface area contributed by atoms with Gasteiger partial charge in [-0.05, 0) is 55.8 Å². The molecule has 1 saturated heterocycles. The number of benzene rings is 2. The van der Waals surface area contributed by atoms with Crippen LogP contribution in [0, 0.1) is 5.82 Å². The van der Waals surface area contributed by atoms with Gasteiger partial charge in [0.2, 0.25) is 0 Å². The number of aliphatic hydroxyl groups excluding tert-OH is 1. The van der Waals surface area contributed by atoms with Gasteiger partial charge >= 0.3 is 0 Å². The van der Waals surface area contributed by atoms with Crippen LogP contribution in [0.3, 0.4) is 0 Å². The van der Waals surface area contributed by atoms with E-state index in [0.717, 1.165) is 24.2 Å². The highest BCUT2D eigenvalue weighted by Crippen LogP contribution is 2.44. The van der Waals surface area contributed by atoms with Gasteiger partial charge in [0.1, 0.15) is 17.2 Å². The summed E-state index contributed by atoms with van der Waals surface area (Å²) < 4.78 is 20.0. The minimum atomic E-state index is -0.715. The molecule has 5 rings (SSSR count). The fourth-order valence-corrected chi connectivity index (χ4v) is 4.89. The number of ether oxygens (including phenoxy) is 1. The first kappa shape index (κ1) is 23.3. The summed E-state index contributed by atoms with van der Waals surface area (Å²) in [6, 6.07) is 11.6. The average molecular weight is 478 g/mol. The van der Waals surface area contributed by atoms with E-state index < -0.39 is 11.4 Å². The van der Waals surface area contributed by atoms with Crippen molar-refractivity contribution in [1.82, 2.24) is 9.80 Å². The molecule has 7 nitrogen and oxygen atoms in total. The second-order valence-corrected chi connectivity index (χ2v) is 9.49.